The number of hydrogen-bond acceptors (Lipinski definition) is 2. The molecule has 42 heavy (non-hydrogen) atoms. The second kappa shape index (κ2) is 7.96. The van der Waals surface area contributed by atoms with Crippen LogP contribution in [0.3, 0.4) is 0 Å². The molecular formula is C39H22N2O. The van der Waals surface area contributed by atoms with Gasteiger partial charge in [-0.05, 0) is 93.2 Å². The minimum Gasteiger partial charge on any atom is -0.456 e. The van der Waals surface area contributed by atoms with Crippen molar-refractivity contribution in [2.24, 2.45) is 0 Å². The van der Waals surface area contributed by atoms with Crippen LogP contribution in [0.2, 0.25) is 0 Å². The van der Waals surface area contributed by atoms with E-state index < -0.39 is 0 Å². The van der Waals surface area contributed by atoms with Crippen molar-refractivity contribution in [2.75, 3.05) is 0 Å². The van der Waals surface area contributed by atoms with Crippen LogP contribution in [0, 0.1) is 0 Å². The molecule has 3 aromatic heterocycles. The summed E-state index contributed by atoms with van der Waals surface area (Å²) in [5.74, 6) is 0. The summed E-state index contributed by atoms with van der Waals surface area (Å²) in [4.78, 5) is 4.48. The molecule has 3 heterocycles. The number of hydrogen-bond donors (Lipinski definition) is 0. The molecule has 0 saturated heterocycles. The van der Waals surface area contributed by atoms with Crippen molar-refractivity contribution in [1.82, 2.24) is 9.55 Å². The van der Waals surface area contributed by atoms with Crippen LogP contribution in [-0.4, -0.2) is 9.55 Å². The van der Waals surface area contributed by atoms with Crippen molar-refractivity contribution in [3.05, 3.63) is 134 Å². The normalized spacial score (nSPS) is 12.3. The van der Waals surface area contributed by atoms with E-state index in [0.717, 1.165) is 27.6 Å². The lowest BCUT2D eigenvalue weighted by atomic mass is 10.0. The van der Waals surface area contributed by atoms with E-state index in [9.17, 15) is 0 Å². The van der Waals surface area contributed by atoms with E-state index in [1.165, 1.54) is 66.0 Å². The summed E-state index contributed by atoms with van der Waals surface area (Å²) in [6.45, 7) is 0. The van der Waals surface area contributed by atoms with Crippen LogP contribution in [0.1, 0.15) is 0 Å². The third-order valence-corrected chi connectivity index (χ3v) is 9.00. The molecule has 6 aromatic carbocycles. The third-order valence-electron chi connectivity index (χ3n) is 9.00. The highest BCUT2D eigenvalue weighted by Gasteiger charge is 2.23. The van der Waals surface area contributed by atoms with Crippen molar-refractivity contribution in [2.45, 2.75) is 0 Å². The number of pyridine rings is 1. The van der Waals surface area contributed by atoms with Crippen LogP contribution >= 0.6 is 0 Å². The predicted molar refractivity (Wildman–Crippen MR) is 173 cm³/mol. The zero-order valence-electron chi connectivity index (χ0n) is 22.5. The fourth-order valence-corrected chi connectivity index (χ4v) is 7.16. The molecule has 0 bridgehead atoms. The first-order valence-corrected chi connectivity index (χ1v) is 14.3. The van der Waals surface area contributed by atoms with Crippen LogP contribution < -0.4 is 0 Å². The Kier molecular flexibility index (Phi) is 4.18. The van der Waals surface area contributed by atoms with Gasteiger partial charge in [-0.3, -0.25) is 4.98 Å². The number of aromatic nitrogens is 2. The zero-order valence-corrected chi connectivity index (χ0v) is 22.5. The Morgan fingerprint density at radius 3 is 2.24 bits per heavy atom. The van der Waals surface area contributed by atoms with Gasteiger partial charge in [-0.1, -0.05) is 66.7 Å². The molecule has 3 heteroatoms. The smallest absolute Gasteiger partial charge is 0.135 e. The molecule has 0 saturated carbocycles. The van der Waals surface area contributed by atoms with E-state index in [4.69, 9.17) is 4.42 Å². The quantitative estimate of drug-likeness (QED) is 0.221. The Labute approximate surface area is 240 Å². The molecule has 0 spiro atoms. The molecule has 1 aliphatic rings. The van der Waals surface area contributed by atoms with Crippen LogP contribution in [0.15, 0.2) is 138 Å². The number of furan rings is 1. The average molecular weight is 535 g/mol. The maximum Gasteiger partial charge on any atom is 0.135 e. The summed E-state index contributed by atoms with van der Waals surface area (Å²) < 4.78 is 8.51. The minimum atomic E-state index is 0.919. The largest absolute Gasteiger partial charge is 0.456 e. The lowest BCUT2D eigenvalue weighted by Crippen LogP contribution is -1.95. The van der Waals surface area contributed by atoms with Crippen molar-refractivity contribution in [3.8, 4) is 39.1 Å². The molecule has 1 aliphatic carbocycles. The van der Waals surface area contributed by atoms with E-state index in [1.54, 1.807) is 0 Å². The maximum absolute atomic E-state index is 6.09. The molecule has 0 N–H and O–H groups in total. The van der Waals surface area contributed by atoms with Gasteiger partial charge in [0.25, 0.3) is 0 Å². The Balaban J connectivity index is 1.22. The molecular weight excluding hydrogens is 512 g/mol. The highest BCUT2D eigenvalue weighted by atomic mass is 16.3. The number of benzene rings is 6. The molecule has 0 amide bonds. The maximum atomic E-state index is 6.09. The molecule has 9 aromatic rings. The van der Waals surface area contributed by atoms with Gasteiger partial charge in [0.05, 0.1) is 11.0 Å². The topological polar surface area (TPSA) is 31.0 Å². The molecule has 194 valence electrons. The van der Waals surface area contributed by atoms with Crippen molar-refractivity contribution in [3.63, 3.8) is 0 Å². The van der Waals surface area contributed by atoms with Crippen LogP contribution in [0.25, 0.3) is 93.6 Å². The second-order valence-electron chi connectivity index (χ2n) is 11.2. The lowest BCUT2D eigenvalue weighted by molar-refractivity contribution is 0.669. The van der Waals surface area contributed by atoms with E-state index in [2.05, 4.69) is 119 Å². The first-order chi connectivity index (χ1) is 20.8. The van der Waals surface area contributed by atoms with Crippen molar-refractivity contribution >= 4 is 54.5 Å². The van der Waals surface area contributed by atoms with Crippen LogP contribution in [-0.2, 0) is 0 Å². The number of rotatable bonds is 2. The average Bonchev–Trinajstić information content (AvgIpc) is 3.69. The van der Waals surface area contributed by atoms with Gasteiger partial charge in [-0.15, -0.1) is 0 Å². The standard InChI is InChI=1S/C39H22N2O/c1-3-10-35-28(7-1)31-19-23(24-13-15-38-32(20-24)29-8-2-4-11-37(29)42-38)12-14-36(31)41(35)26-18-25-6-5-9-30-27-16-17-40-22-34(27)33(21-26)39(25)30/h1-22H. The highest BCUT2D eigenvalue weighted by Crippen LogP contribution is 2.48. The van der Waals surface area contributed by atoms with Gasteiger partial charge in [0.15, 0.2) is 0 Å². The summed E-state index contributed by atoms with van der Waals surface area (Å²) in [7, 11) is 0. The van der Waals surface area contributed by atoms with Gasteiger partial charge < -0.3 is 8.98 Å². The Bertz CT molecular complexity index is 2580. The summed E-state index contributed by atoms with van der Waals surface area (Å²) >= 11 is 0. The molecule has 3 nitrogen and oxygen atoms in total. The van der Waals surface area contributed by atoms with E-state index in [0.29, 0.717) is 0 Å². The molecule has 0 aliphatic heterocycles. The SMILES string of the molecule is c1cc2c3c(cc(-n4c5ccccc5c5cc(-c6ccc7oc8ccccc8c7c6)ccc54)cc3c1)-c1cnccc1-2. The first-order valence-electron chi connectivity index (χ1n) is 14.3. The van der Waals surface area contributed by atoms with Gasteiger partial charge in [-0.2, -0.15) is 0 Å². The Morgan fingerprint density at radius 2 is 1.29 bits per heavy atom. The fraction of sp³-hybridized carbons (Fsp3) is 0. The fourth-order valence-electron chi connectivity index (χ4n) is 7.16. The number of fused-ring (bicyclic) bond motifs is 9. The summed E-state index contributed by atoms with van der Waals surface area (Å²) in [5.41, 5.74) is 12.8. The minimum absolute atomic E-state index is 0.919. The van der Waals surface area contributed by atoms with Gasteiger partial charge in [-0.25, -0.2) is 0 Å². The molecule has 0 unspecified atom stereocenters. The molecule has 0 radical (unpaired) electrons. The number of nitrogens with zero attached hydrogens (tertiary/aromatic N) is 2. The molecule has 0 fully saturated rings. The van der Waals surface area contributed by atoms with Crippen molar-refractivity contribution in [1.29, 1.82) is 0 Å². The summed E-state index contributed by atoms with van der Waals surface area (Å²) in [5, 5.41) is 7.35. The van der Waals surface area contributed by atoms with Crippen molar-refractivity contribution < 1.29 is 4.42 Å². The zero-order chi connectivity index (χ0) is 27.4. The third kappa shape index (κ3) is 2.87. The first kappa shape index (κ1) is 22.1. The monoisotopic (exact) mass is 534 g/mol. The van der Waals surface area contributed by atoms with E-state index in [-0.39, 0.29) is 0 Å². The van der Waals surface area contributed by atoms with Gasteiger partial charge in [0.2, 0.25) is 0 Å². The van der Waals surface area contributed by atoms with Crippen LogP contribution in [0.5, 0.6) is 0 Å². The van der Waals surface area contributed by atoms with Crippen LogP contribution in [0.4, 0.5) is 0 Å². The summed E-state index contributed by atoms with van der Waals surface area (Å²) in [6.07, 6.45) is 3.90. The van der Waals surface area contributed by atoms with Gasteiger partial charge in [0, 0.05) is 45.2 Å². The molecule has 10 rings (SSSR count). The van der Waals surface area contributed by atoms with Gasteiger partial charge in [0.1, 0.15) is 11.2 Å². The predicted octanol–water partition coefficient (Wildman–Crippen LogP) is 10.5. The van der Waals surface area contributed by atoms with E-state index >= 15 is 0 Å². The summed E-state index contributed by atoms with van der Waals surface area (Å²) in [6, 6.07) is 43.8. The van der Waals surface area contributed by atoms with E-state index in [1.807, 2.05) is 24.5 Å². The number of para-hydroxylation sites is 2. The lowest BCUT2D eigenvalue weighted by Gasteiger charge is -2.12. The second-order valence-corrected chi connectivity index (χ2v) is 11.2. The molecule has 0 atom stereocenters. The van der Waals surface area contributed by atoms with Gasteiger partial charge >= 0.3 is 0 Å². The Hall–Kier alpha value is -5.67. The Morgan fingerprint density at radius 1 is 0.500 bits per heavy atom. The highest BCUT2D eigenvalue weighted by molar-refractivity contribution is 6.17.